The molecule has 0 aromatic carbocycles. The normalized spacial score (nSPS) is 17.5. The van der Waals surface area contributed by atoms with Gasteiger partial charge in [-0.15, -0.1) is 0 Å². The molecule has 21 heavy (non-hydrogen) atoms. The highest BCUT2D eigenvalue weighted by molar-refractivity contribution is 5.76. The molecule has 1 aliphatic heterocycles. The van der Waals surface area contributed by atoms with Gasteiger partial charge in [-0.1, -0.05) is 13.0 Å². The van der Waals surface area contributed by atoms with Gasteiger partial charge in [-0.3, -0.25) is 9.69 Å². The molecule has 5 nitrogen and oxygen atoms in total. The number of rotatable bonds is 6. The molecule has 116 valence electrons. The summed E-state index contributed by atoms with van der Waals surface area (Å²) < 4.78 is 0. The van der Waals surface area contributed by atoms with Crippen molar-refractivity contribution < 1.29 is 4.79 Å². The minimum Gasteiger partial charge on any atom is -0.354 e. The second kappa shape index (κ2) is 7.98. The topological polar surface area (TPSA) is 48.5 Å². The molecule has 1 fully saturated rings. The van der Waals surface area contributed by atoms with Crippen LogP contribution in [0.3, 0.4) is 0 Å². The number of piperazine rings is 1. The maximum atomic E-state index is 11.8. The lowest BCUT2D eigenvalue weighted by atomic mass is 10.2. The average Bonchev–Trinajstić information content (AvgIpc) is 2.54. The lowest BCUT2D eigenvalue weighted by molar-refractivity contribution is -0.122. The fraction of sp³-hybridized carbons (Fsp3) is 0.625. The van der Waals surface area contributed by atoms with E-state index in [1.807, 2.05) is 25.3 Å². The molecule has 2 heterocycles. The van der Waals surface area contributed by atoms with E-state index in [1.165, 1.54) is 0 Å². The standard InChI is InChI=1S/C16H26N4O/c1-3-14(2)18-16(21)7-9-19-10-12-20(13-11-19)15-6-4-5-8-17-15/h4-6,8,14H,3,7,9-13H2,1-2H3,(H,18,21). The van der Waals surface area contributed by atoms with Crippen molar-refractivity contribution in [1.29, 1.82) is 0 Å². The van der Waals surface area contributed by atoms with Gasteiger partial charge < -0.3 is 10.2 Å². The summed E-state index contributed by atoms with van der Waals surface area (Å²) >= 11 is 0. The molecule has 0 aliphatic carbocycles. The fourth-order valence-electron chi connectivity index (χ4n) is 2.45. The maximum absolute atomic E-state index is 11.8. The van der Waals surface area contributed by atoms with Crippen molar-refractivity contribution in [3.05, 3.63) is 24.4 Å². The second-order valence-electron chi connectivity index (χ2n) is 5.64. The van der Waals surface area contributed by atoms with Gasteiger partial charge in [0.2, 0.25) is 5.91 Å². The average molecular weight is 290 g/mol. The van der Waals surface area contributed by atoms with Gasteiger partial charge in [-0.2, -0.15) is 0 Å². The Morgan fingerprint density at radius 2 is 2.10 bits per heavy atom. The van der Waals surface area contributed by atoms with Crippen LogP contribution < -0.4 is 10.2 Å². The summed E-state index contributed by atoms with van der Waals surface area (Å²) in [5, 5.41) is 3.02. The highest BCUT2D eigenvalue weighted by atomic mass is 16.1. The van der Waals surface area contributed by atoms with Crippen LogP contribution in [0.2, 0.25) is 0 Å². The molecular weight excluding hydrogens is 264 g/mol. The first-order valence-corrected chi connectivity index (χ1v) is 7.86. The van der Waals surface area contributed by atoms with Crippen LogP contribution in [0.1, 0.15) is 26.7 Å². The third-order valence-electron chi connectivity index (χ3n) is 4.02. The zero-order valence-corrected chi connectivity index (χ0v) is 13.1. The number of carbonyl (C=O) groups excluding carboxylic acids is 1. The second-order valence-corrected chi connectivity index (χ2v) is 5.64. The Kier molecular flexibility index (Phi) is 5.99. The van der Waals surface area contributed by atoms with Crippen LogP contribution in [0.5, 0.6) is 0 Å². The SMILES string of the molecule is CCC(C)NC(=O)CCN1CCN(c2ccccn2)CC1. The molecule has 5 heteroatoms. The van der Waals surface area contributed by atoms with Crippen LogP contribution in [0.25, 0.3) is 0 Å². The Balaban J connectivity index is 1.69. The first kappa shape index (κ1) is 15.8. The van der Waals surface area contributed by atoms with Crippen LogP contribution in [0.4, 0.5) is 5.82 Å². The van der Waals surface area contributed by atoms with Crippen LogP contribution in [-0.4, -0.2) is 54.6 Å². The summed E-state index contributed by atoms with van der Waals surface area (Å²) in [5.74, 6) is 1.21. The molecule has 1 N–H and O–H groups in total. The van der Waals surface area contributed by atoms with E-state index in [2.05, 4.69) is 33.1 Å². The lowest BCUT2D eigenvalue weighted by Gasteiger charge is -2.35. The summed E-state index contributed by atoms with van der Waals surface area (Å²) in [7, 11) is 0. The quantitative estimate of drug-likeness (QED) is 0.863. The van der Waals surface area contributed by atoms with Crippen molar-refractivity contribution in [1.82, 2.24) is 15.2 Å². The van der Waals surface area contributed by atoms with E-state index in [-0.39, 0.29) is 11.9 Å². The first-order valence-electron chi connectivity index (χ1n) is 7.86. The van der Waals surface area contributed by atoms with Crippen molar-refractivity contribution in [2.45, 2.75) is 32.7 Å². The molecule has 1 aromatic heterocycles. The molecule has 1 aromatic rings. The van der Waals surface area contributed by atoms with Crippen molar-refractivity contribution in [3.8, 4) is 0 Å². The lowest BCUT2D eigenvalue weighted by Crippen LogP contribution is -2.47. The zero-order chi connectivity index (χ0) is 15.1. The third kappa shape index (κ3) is 5.01. The van der Waals surface area contributed by atoms with Crippen molar-refractivity contribution in [3.63, 3.8) is 0 Å². The summed E-state index contributed by atoms with van der Waals surface area (Å²) in [6, 6.07) is 6.29. The minimum absolute atomic E-state index is 0.163. The molecule has 1 amide bonds. The van der Waals surface area contributed by atoms with E-state index in [0.717, 1.165) is 45.0 Å². The van der Waals surface area contributed by atoms with E-state index in [0.29, 0.717) is 6.42 Å². The van der Waals surface area contributed by atoms with Crippen LogP contribution in [0.15, 0.2) is 24.4 Å². The molecular formula is C16H26N4O. The number of aromatic nitrogens is 1. The molecule has 2 rings (SSSR count). The van der Waals surface area contributed by atoms with Gasteiger partial charge in [0.15, 0.2) is 0 Å². The Labute approximate surface area is 127 Å². The van der Waals surface area contributed by atoms with Crippen molar-refractivity contribution in [2.24, 2.45) is 0 Å². The van der Waals surface area contributed by atoms with Crippen LogP contribution in [0, 0.1) is 0 Å². The van der Waals surface area contributed by atoms with Gasteiger partial charge >= 0.3 is 0 Å². The first-order chi connectivity index (χ1) is 10.2. The number of hydrogen-bond donors (Lipinski definition) is 1. The van der Waals surface area contributed by atoms with Crippen LogP contribution >= 0.6 is 0 Å². The minimum atomic E-state index is 0.163. The van der Waals surface area contributed by atoms with Gasteiger partial charge in [0.1, 0.15) is 5.82 Å². The maximum Gasteiger partial charge on any atom is 0.221 e. The summed E-state index contributed by atoms with van der Waals surface area (Å²) in [6.45, 7) is 8.91. The van der Waals surface area contributed by atoms with E-state index in [9.17, 15) is 4.79 Å². The largest absolute Gasteiger partial charge is 0.354 e. The number of hydrogen-bond acceptors (Lipinski definition) is 4. The highest BCUT2D eigenvalue weighted by Gasteiger charge is 2.18. The summed E-state index contributed by atoms with van der Waals surface area (Å²) in [6.07, 6.45) is 3.41. The van der Waals surface area contributed by atoms with Crippen molar-refractivity contribution in [2.75, 3.05) is 37.6 Å². The van der Waals surface area contributed by atoms with E-state index in [1.54, 1.807) is 0 Å². The predicted molar refractivity (Wildman–Crippen MR) is 85.4 cm³/mol. The number of carbonyl (C=O) groups is 1. The molecule has 0 spiro atoms. The fourth-order valence-corrected chi connectivity index (χ4v) is 2.45. The van der Waals surface area contributed by atoms with E-state index < -0.39 is 0 Å². The summed E-state index contributed by atoms with van der Waals surface area (Å²) in [5.41, 5.74) is 0. The third-order valence-corrected chi connectivity index (χ3v) is 4.02. The molecule has 0 saturated carbocycles. The number of pyridine rings is 1. The predicted octanol–water partition coefficient (Wildman–Crippen LogP) is 1.51. The Morgan fingerprint density at radius 3 is 2.71 bits per heavy atom. The number of nitrogens with zero attached hydrogens (tertiary/aromatic N) is 3. The smallest absolute Gasteiger partial charge is 0.221 e. The number of amides is 1. The van der Waals surface area contributed by atoms with Crippen molar-refractivity contribution >= 4 is 11.7 Å². The summed E-state index contributed by atoms with van der Waals surface area (Å²) in [4.78, 5) is 20.8. The van der Waals surface area contributed by atoms with Gasteiger partial charge in [0.05, 0.1) is 0 Å². The molecule has 1 unspecified atom stereocenters. The van der Waals surface area contributed by atoms with Crippen LogP contribution in [-0.2, 0) is 4.79 Å². The molecule has 1 aliphatic rings. The Morgan fingerprint density at radius 1 is 1.33 bits per heavy atom. The molecule has 0 bridgehead atoms. The number of nitrogens with one attached hydrogen (secondary N) is 1. The molecule has 1 saturated heterocycles. The number of anilines is 1. The van der Waals surface area contributed by atoms with Gasteiger partial charge in [-0.25, -0.2) is 4.98 Å². The monoisotopic (exact) mass is 290 g/mol. The van der Waals surface area contributed by atoms with E-state index >= 15 is 0 Å². The van der Waals surface area contributed by atoms with Gasteiger partial charge in [-0.05, 0) is 25.5 Å². The Bertz CT molecular complexity index is 429. The van der Waals surface area contributed by atoms with Gasteiger partial charge in [0, 0.05) is 51.4 Å². The molecule has 0 radical (unpaired) electrons. The Hall–Kier alpha value is -1.62. The molecule has 1 atom stereocenters. The van der Waals surface area contributed by atoms with Gasteiger partial charge in [0.25, 0.3) is 0 Å². The highest BCUT2D eigenvalue weighted by Crippen LogP contribution is 2.12. The van der Waals surface area contributed by atoms with E-state index in [4.69, 9.17) is 0 Å². The zero-order valence-electron chi connectivity index (χ0n) is 13.1.